The molecule has 3 N–H and O–H groups in total. The summed E-state index contributed by atoms with van der Waals surface area (Å²) in [6.45, 7) is 1.27. The molecule has 0 aromatic heterocycles. The Morgan fingerprint density at radius 2 is 1.61 bits per heavy atom. The van der Waals surface area contributed by atoms with Crippen molar-refractivity contribution in [1.82, 2.24) is 0 Å². The molecule has 0 amide bonds. The van der Waals surface area contributed by atoms with Gasteiger partial charge in [-0.25, -0.2) is 0 Å². The molecule has 33 heavy (non-hydrogen) atoms. The summed E-state index contributed by atoms with van der Waals surface area (Å²) < 4.78 is 86.5. The van der Waals surface area contributed by atoms with E-state index in [2.05, 4.69) is 4.74 Å². The molecule has 2 aromatic rings. The topological polar surface area (TPSA) is 64.7 Å². The lowest BCUT2D eigenvalue weighted by atomic mass is 9.94. The van der Waals surface area contributed by atoms with Crippen LogP contribution in [0.15, 0.2) is 42.5 Å². The summed E-state index contributed by atoms with van der Waals surface area (Å²) in [7, 11) is 0. The minimum atomic E-state index is -4.80. The van der Waals surface area contributed by atoms with Crippen molar-refractivity contribution in [2.45, 2.75) is 50.7 Å². The van der Waals surface area contributed by atoms with Crippen LogP contribution in [-0.4, -0.2) is 30.2 Å². The largest absolute Gasteiger partial charge is 0.573 e. The van der Waals surface area contributed by atoms with Crippen LogP contribution in [0.1, 0.15) is 36.5 Å². The molecule has 0 heterocycles. The van der Waals surface area contributed by atoms with Gasteiger partial charge in [0.25, 0.3) is 0 Å². The fraction of sp³-hybridized carbons (Fsp3) is 0.455. The second-order valence-electron chi connectivity index (χ2n) is 7.79. The summed E-state index contributed by atoms with van der Waals surface area (Å²) >= 11 is 0. The van der Waals surface area contributed by atoms with Gasteiger partial charge in [0.15, 0.2) is 0 Å². The Balaban J connectivity index is 0.00000544. The van der Waals surface area contributed by atoms with Gasteiger partial charge in [-0.3, -0.25) is 0 Å². The number of hydrogen-bond donors (Lipinski definition) is 2. The van der Waals surface area contributed by atoms with E-state index in [1.807, 2.05) is 0 Å². The van der Waals surface area contributed by atoms with Crippen molar-refractivity contribution in [3.63, 3.8) is 0 Å². The van der Waals surface area contributed by atoms with Gasteiger partial charge in [0.1, 0.15) is 11.5 Å². The first-order valence-electron chi connectivity index (χ1n) is 9.86. The smallest absolute Gasteiger partial charge is 0.493 e. The number of rotatable bonds is 10. The van der Waals surface area contributed by atoms with Gasteiger partial charge in [-0.2, -0.15) is 13.2 Å². The number of ether oxygens (including phenoxy) is 2. The number of aryl methyl sites for hydroxylation is 2. The van der Waals surface area contributed by atoms with Crippen LogP contribution < -0.4 is 15.2 Å². The zero-order valence-electron chi connectivity index (χ0n) is 17.8. The van der Waals surface area contributed by atoms with Gasteiger partial charge in [0, 0.05) is 5.54 Å². The molecular weight excluding hydrogens is 476 g/mol. The summed E-state index contributed by atoms with van der Waals surface area (Å²) in [5.74, 6) is -0.686. The van der Waals surface area contributed by atoms with E-state index in [4.69, 9.17) is 10.5 Å². The normalized spacial score (nSPS) is 13.7. The molecule has 0 radical (unpaired) electrons. The van der Waals surface area contributed by atoms with Gasteiger partial charge in [-0.1, -0.05) is 18.2 Å². The summed E-state index contributed by atoms with van der Waals surface area (Å²) in [4.78, 5) is 0. The van der Waals surface area contributed by atoms with E-state index in [0.29, 0.717) is 24.0 Å². The van der Waals surface area contributed by atoms with Gasteiger partial charge in [0.2, 0.25) is 0 Å². The molecule has 4 nitrogen and oxygen atoms in total. The molecule has 0 saturated carbocycles. The highest BCUT2D eigenvalue weighted by atomic mass is 35.5. The highest BCUT2D eigenvalue weighted by Gasteiger charge is 2.35. The second-order valence-corrected chi connectivity index (χ2v) is 7.79. The van der Waals surface area contributed by atoms with Gasteiger partial charge >= 0.3 is 12.5 Å². The predicted octanol–water partition coefficient (Wildman–Crippen LogP) is 5.68. The average molecular weight is 502 g/mol. The van der Waals surface area contributed by atoms with E-state index in [-0.39, 0.29) is 50.0 Å². The number of alkyl halides is 6. The van der Waals surface area contributed by atoms with Crippen LogP contribution in [-0.2, 0) is 19.0 Å². The number of halogens is 7. The van der Waals surface area contributed by atoms with Crippen molar-refractivity contribution < 1.29 is 40.9 Å². The Morgan fingerprint density at radius 1 is 0.939 bits per heavy atom. The Hall–Kier alpha value is -2.17. The van der Waals surface area contributed by atoms with E-state index >= 15 is 0 Å². The van der Waals surface area contributed by atoms with Crippen molar-refractivity contribution in [2.75, 3.05) is 13.2 Å². The second kappa shape index (κ2) is 11.8. The molecule has 11 heteroatoms. The van der Waals surface area contributed by atoms with Gasteiger partial charge in [0.05, 0.1) is 18.8 Å². The first-order chi connectivity index (χ1) is 14.8. The van der Waals surface area contributed by atoms with Crippen molar-refractivity contribution in [3.05, 3.63) is 59.2 Å². The lowest BCUT2D eigenvalue weighted by Crippen LogP contribution is -2.40. The Bertz CT molecular complexity index is 887. The van der Waals surface area contributed by atoms with Crippen LogP contribution in [0.4, 0.5) is 26.3 Å². The predicted molar refractivity (Wildman–Crippen MR) is 114 cm³/mol. The molecule has 2 aromatic carbocycles. The number of nitrogens with two attached hydrogens (primary N) is 1. The van der Waals surface area contributed by atoms with Crippen LogP contribution in [0.3, 0.4) is 0 Å². The number of hydrogen-bond acceptors (Lipinski definition) is 4. The highest BCUT2D eigenvalue weighted by molar-refractivity contribution is 5.85. The Labute approximate surface area is 194 Å². The molecule has 0 fully saturated rings. The molecule has 186 valence electrons. The van der Waals surface area contributed by atoms with Crippen LogP contribution in [0, 0.1) is 0 Å². The van der Waals surface area contributed by atoms with Gasteiger partial charge in [-0.05, 0) is 68.0 Å². The first-order valence-corrected chi connectivity index (χ1v) is 9.86. The third-order valence-electron chi connectivity index (χ3n) is 4.69. The molecule has 0 aliphatic carbocycles. The lowest BCUT2D eigenvalue weighted by Gasteiger charge is -2.22. The first kappa shape index (κ1) is 28.9. The van der Waals surface area contributed by atoms with E-state index in [1.54, 1.807) is 13.0 Å². The van der Waals surface area contributed by atoms with Crippen LogP contribution in [0.2, 0.25) is 0 Å². The monoisotopic (exact) mass is 501 g/mol. The molecule has 0 bridgehead atoms. The number of benzene rings is 2. The summed E-state index contributed by atoms with van der Waals surface area (Å²) in [5.41, 5.74) is 4.97. The fourth-order valence-corrected chi connectivity index (χ4v) is 2.95. The number of aliphatic hydroxyl groups is 1. The molecule has 1 unspecified atom stereocenters. The van der Waals surface area contributed by atoms with Crippen molar-refractivity contribution >= 4 is 12.4 Å². The molecular formula is C22H26ClF6NO3. The summed E-state index contributed by atoms with van der Waals surface area (Å²) in [5, 5.41) is 9.19. The van der Waals surface area contributed by atoms with E-state index in [0.717, 1.165) is 6.07 Å². The molecule has 2 rings (SSSR count). The van der Waals surface area contributed by atoms with Crippen LogP contribution in [0.25, 0.3) is 0 Å². The number of aliphatic hydroxyl groups excluding tert-OH is 1. The molecule has 0 spiro atoms. The standard InChI is InChI=1S/C22H25F6NO3.ClH/c1-20(29,14-30)10-9-16-7-8-19(18(13-16)21(23,24)25)31-11-3-5-15-4-2-6-17(12-15)32-22(26,27)28;/h2,4,6-8,12-13,30H,3,5,9-11,14,29H2,1H3;1H. The van der Waals surface area contributed by atoms with Gasteiger partial charge < -0.3 is 20.3 Å². The lowest BCUT2D eigenvalue weighted by molar-refractivity contribution is -0.274. The maximum Gasteiger partial charge on any atom is 0.573 e. The zero-order chi connectivity index (χ0) is 24.0. The Kier molecular flexibility index (Phi) is 10.3. The van der Waals surface area contributed by atoms with Crippen LogP contribution >= 0.6 is 12.4 Å². The SMILES string of the molecule is CC(N)(CO)CCc1ccc(OCCCc2cccc(OC(F)(F)F)c2)c(C(F)(F)F)c1.Cl. The maximum atomic E-state index is 13.5. The van der Waals surface area contributed by atoms with Crippen molar-refractivity contribution in [1.29, 1.82) is 0 Å². The summed E-state index contributed by atoms with van der Waals surface area (Å²) in [6, 6.07) is 9.14. The fourth-order valence-electron chi connectivity index (χ4n) is 2.95. The molecule has 0 aliphatic rings. The molecule has 1 atom stereocenters. The zero-order valence-corrected chi connectivity index (χ0v) is 18.6. The summed E-state index contributed by atoms with van der Waals surface area (Å²) in [6.07, 6.45) is -8.28. The third-order valence-corrected chi connectivity index (χ3v) is 4.69. The average Bonchev–Trinajstić information content (AvgIpc) is 2.68. The minimum absolute atomic E-state index is 0. The van der Waals surface area contributed by atoms with Crippen molar-refractivity contribution in [2.24, 2.45) is 5.73 Å². The Morgan fingerprint density at radius 3 is 2.21 bits per heavy atom. The highest BCUT2D eigenvalue weighted by Crippen LogP contribution is 2.37. The van der Waals surface area contributed by atoms with E-state index in [9.17, 15) is 31.4 Å². The van der Waals surface area contributed by atoms with Crippen molar-refractivity contribution in [3.8, 4) is 11.5 Å². The van der Waals surface area contributed by atoms with E-state index < -0.39 is 23.6 Å². The van der Waals surface area contributed by atoms with Gasteiger partial charge in [-0.15, -0.1) is 25.6 Å². The maximum absolute atomic E-state index is 13.5. The third kappa shape index (κ3) is 10.1. The molecule has 0 saturated heterocycles. The van der Waals surface area contributed by atoms with Crippen LogP contribution in [0.5, 0.6) is 11.5 Å². The van der Waals surface area contributed by atoms with E-state index in [1.165, 1.54) is 30.3 Å². The quantitative estimate of drug-likeness (QED) is 0.325. The molecule has 0 aliphatic heterocycles. The minimum Gasteiger partial charge on any atom is -0.493 e.